The number of nitrogens with one attached hydrogen (secondary N) is 1. The van der Waals surface area contributed by atoms with Gasteiger partial charge in [0.05, 0.1) is 13.0 Å². The van der Waals surface area contributed by atoms with Gasteiger partial charge in [0.1, 0.15) is 12.1 Å². The second-order valence-corrected chi connectivity index (χ2v) is 7.24. The fraction of sp³-hybridized carbons (Fsp3) is 0.333. The summed E-state index contributed by atoms with van der Waals surface area (Å²) in [6.07, 6.45) is 6.24. The third-order valence-electron chi connectivity index (χ3n) is 4.71. The maximum Gasteiger partial charge on any atom is 0.244 e. The molecule has 0 bridgehead atoms. The van der Waals surface area contributed by atoms with Crippen LogP contribution in [0.15, 0.2) is 47.6 Å². The minimum Gasteiger partial charge on any atom is -0.398 e. The number of rotatable bonds is 8. The Hall–Kier alpha value is -3.69. The first-order valence-electron chi connectivity index (χ1n) is 9.68. The molecule has 0 saturated carbocycles. The summed E-state index contributed by atoms with van der Waals surface area (Å²) in [5.74, 6) is -1.11. The van der Waals surface area contributed by atoms with Gasteiger partial charge in [-0.3, -0.25) is 14.4 Å². The van der Waals surface area contributed by atoms with E-state index in [2.05, 4.69) is 10.3 Å². The fourth-order valence-electron chi connectivity index (χ4n) is 3.01. The Morgan fingerprint density at radius 3 is 2.65 bits per heavy atom. The Kier molecular flexibility index (Phi) is 8.30. The molecule has 1 aromatic heterocycles. The van der Waals surface area contributed by atoms with Gasteiger partial charge < -0.3 is 26.6 Å². The number of aldehydes is 1. The molecule has 31 heavy (non-hydrogen) atoms. The van der Waals surface area contributed by atoms with Gasteiger partial charge in [-0.2, -0.15) is 4.39 Å². The Labute approximate surface area is 180 Å². The summed E-state index contributed by atoms with van der Waals surface area (Å²) in [6, 6.07) is 2.66. The van der Waals surface area contributed by atoms with Crippen molar-refractivity contribution >= 4 is 23.8 Å². The van der Waals surface area contributed by atoms with Crippen molar-refractivity contribution in [1.82, 2.24) is 20.1 Å². The van der Waals surface area contributed by atoms with Crippen molar-refractivity contribution in [3.8, 4) is 0 Å². The van der Waals surface area contributed by atoms with Gasteiger partial charge in [0.25, 0.3) is 0 Å². The van der Waals surface area contributed by atoms with Crippen molar-refractivity contribution in [3.05, 3.63) is 59.1 Å². The first kappa shape index (κ1) is 23.6. The van der Waals surface area contributed by atoms with E-state index in [-0.39, 0.29) is 24.7 Å². The van der Waals surface area contributed by atoms with Crippen LogP contribution in [0.25, 0.3) is 5.70 Å². The van der Waals surface area contributed by atoms with E-state index < -0.39 is 11.9 Å². The number of allylic oxidation sites excluding steroid dienone is 3. The molecule has 2 heterocycles. The van der Waals surface area contributed by atoms with Gasteiger partial charge >= 0.3 is 0 Å². The zero-order valence-corrected chi connectivity index (χ0v) is 17.6. The topological polar surface area (TPSA) is 135 Å². The standard InChI is InChI=1S/C21H27FN6O3/c1-27(2)21(31)10-17-15(13-29)4-3-9-28(17)12-20(30)26-19(24)8-6-16(23)14-5-7-18(22)25-11-14/h5-8,11,13H,3-4,9-10,12,23-24H2,1-2H3,(H,26,30)/b16-6-,19-8+. The Balaban J connectivity index is 2.04. The number of nitrogens with zero attached hydrogens (tertiary/aromatic N) is 3. The molecule has 0 atom stereocenters. The molecule has 0 aliphatic carbocycles. The van der Waals surface area contributed by atoms with Crippen LogP contribution in [0.4, 0.5) is 4.39 Å². The third-order valence-corrected chi connectivity index (χ3v) is 4.71. The van der Waals surface area contributed by atoms with Crippen molar-refractivity contribution in [2.24, 2.45) is 11.5 Å². The van der Waals surface area contributed by atoms with Gasteiger partial charge in [0.15, 0.2) is 0 Å². The monoisotopic (exact) mass is 430 g/mol. The molecule has 0 radical (unpaired) electrons. The minimum atomic E-state index is -0.616. The number of halogens is 1. The van der Waals surface area contributed by atoms with E-state index in [1.807, 2.05) is 0 Å². The number of hydrogen-bond acceptors (Lipinski definition) is 7. The molecule has 5 N–H and O–H groups in total. The predicted octanol–water partition coefficient (Wildman–Crippen LogP) is 0.464. The van der Waals surface area contributed by atoms with Crippen LogP contribution in [0.5, 0.6) is 0 Å². The van der Waals surface area contributed by atoms with Crippen molar-refractivity contribution in [2.75, 3.05) is 27.2 Å². The highest BCUT2D eigenvalue weighted by Gasteiger charge is 2.24. The normalized spacial score (nSPS) is 15.0. The predicted molar refractivity (Wildman–Crippen MR) is 114 cm³/mol. The molecule has 10 heteroatoms. The molecule has 1 aliphatic heterocycles. The molecular formula is C21H27FN6O3. The highest BCUT2D eigenvalue weighted by atomic mass is 19.1. The molecule has 0 saturated heterocycles. The number of nitrogens with two attached hydrogens (primary N) is 2. The molecule has 9 nitrogen and oxygen atoms in total. The molecule has 0 unspecified atom stereocenters. The number of hydrogen-bond donors (Lipinski definition) is 3. The summed E-state index contributed by atoms with van der Waals surface area (Å²) < 4.78 is 12.9. The van der Waals surface area contributed by atoms with Gasteiger partial charge in [-0.05, 0) is 37.1 Å². The van der Waals surface area contributed by atoms with E-state index in [9.17, 15) is 18.8 Å². The molecule has 1 aliphatic rings. The lowest BCUT2D eigenvalue weighted by atomic mass is 10.0. The SMILES string of the molecule is CN(C)C(=O)CC1=C(C=O)CCCN1CC(=O)N/C(N)=C/C=C(\N)c1ccc(F)nc1. The average molecular weight is 430 g/mol. The second kappa shape index (κ2) is 10.9. The molecule has 0 aromatic carbocycles. The molecule has 0 fully saturated rings. The smallest absolute Gasteiger partial charge is 0.244 e. The maximum absolute atomic E-state index is 12.9. The number of pyridine rings is 1. The summed E-state index contributed by atoms with van der Waals surface area (Å²) in [4.78, 5) is 42.7. The van der Waals surface area contributed by atoms with Gasteiger partial charge in [-0.25, -0.2) is 4.98 Å². The number of carbonyl (C=O) groups excluding carboxylic acids is 3. The third kappa shape index (κ3) is 6.95. The zero-order chi connectivity index (χ0) is 23.0. The largest absolute Gasteiger partial charge is 0.398 e. The average Bonchev–Trinajstić information content (AvgIpc) is 2.73. The Bertz CT molecular complexity index is 922. The van der Waals surface area contributed by atoms with Crippen LogP contribution in [0.1, 0.15) is 24.8 Å². The lowest BCUT2D eigenvalue weighted by molar-refractivity contribution is -0.129. The number of amides is 2. The van der Waals surface area contributed by atoms with E-state index in [1.54, 1.807) is 19.0 Å². The van der Waals surface area contributed by atoms with E-state index in [1.165, 1.54) is 35.4 Å². The van der Waals surface area contributed by atoms with E-state index in [4.69, 9.17) is 11.5 Å². The molecular weight excluding hydrogens is 403 g/mol. The van der Waals surface area contributed by atoms with Crippen LogP contribution in [0.2, 0.25) is 0 Å². The lowest BCUT2D eigenvalue weighted by Crippen LogP contribution is -2.41. The summed E-state index contributed by atoms with van der Waals surface area (Å²) in [5.41, 5.74) is 13.6. The summed E-state index contributed by atoms with van der Waals surface area (Å²) in [7, 11) is 3.27. The first-order chi connectivity index (χ1) is 14.7. The first-order valence-corrected chi connectivity index (χ1v) is 9.68. The van der Waals surface area contributed by atoms with Gasteiger partial charge in [-0.15, -0.1) is 0 Å². The summed E-state index contributed by atoms with van der Waals surface area (Å²) >= 11 is 0. The van der Waals surface area contributed by atoms with Crippen LogP contribution >= 0.6 is 0 Å². The second-order valence-electron chi connectivity index (χ2n) is 7.24. The van der Waals surface area contributed by atoms with Crippen LogP contribution in [0, 0.1) is 5.95 Å². The van der Waals surface area contributed by atoms with Crippen LogP contribution in [-0.4, -0.2) is 60.1 Å². The summed E-state index contributed by atoms with van der Waals surface area (Å²) in [5, 5.41) is 2.55. The van der Waals surface area contributed by atoms with Gasteiger partial charge in [0.2, 0.25) is 17.8 Å². The number of aromatic nitrogens is 1. The quantitative estimate of drug-likeness (QED) is 0.310. The van der Waals surface area contributed by atoms with Crippen molar-refractivity contribution in [3.63, 3.8) is 0 Å². The van der Waals surface area contributed by atoms with E-state index >= 15 is 0 Å². The maximum atomic E-state index is 12.9. The van der Waals surface area contributed by atoms with E-state index in [0.29, 0.717) is 41.9 Å². The Morgan fingerprint density at radius 2 is 2.03 bits per heavy atom. The fourth-order valence-corrected chi connectivity index (χ4v) is 3.01. The van der Waals surface area contributed by atoms with Crippen LogP contribution in [0.3, 0.4) is 0 Å². The van der Waals surface area contributed by atoms with Crippen LogP contribution < -0.4 is 16.8 Å². The number of carbonyl (C=O) groups is 3. The highest BCUT2D eigenvalue weighted by Crippen LogP contribution is 2.24. The molecule has 1 aromatic rings. The highest BCUT2D eigenvalue weighted by molar-refractivity contribution is 5.84. The van der Waals surface area contributed by atoms with Crippen molar-refractivity contribution in [2.45, 2.75) is 19.3 Å². The molecule has 2 amide bonds. The van der Waals surface area contributed by atoms with Crippen LogP contribution in [-0.2, 0) is 14.4 Å². The molecule has 166 valence electrons. The Morgan fingerprint density at radius 1 is 1.29 bits per heavy atom. The van der Waals surface area contributed by atoms with E-state index in [0.717, 1.165) is 6.29 Å². The summed E-state index contributed by atoms with van der Waals surface area (Å²) in [6.45, 7) is 0.498. The molecule has 2 rings (SSSR count). The van der Waals surface area contributed by atoms with Gasteiger partial charge in [-0.1, -0.05) is 0 Å². The van der Waals surface area contributed by atoms with Crippen molar-refractivity contribution in [1.29, 1.82) is 0 Å². The van der Waals surface area contributed by atoms with Gasteiger partial charge in [0, 0.05) is 49.4 Å². The lowest BCUT2D eigenvalue weighted by Gasteiger charge is -2.32. The minimum absolute atomic E-state index is 0.0463. The molecule has 0 spiro atoms. The van der Waals surface area contributed by atoms with Crippen molar-refractivity contribution < 1.29 is 18.8 Å². The zero-order valence-electron chi connectivity index (χ0n) is 17.6.